The lowest BCUT2D eigenvalue weighted by Gasteiger charge is -2.02. The highest BCUT2D eigenvalue weighted by Gasteiger charge is 2.11. The Morgan fingerprint density at radius 2 is 1.18 bits per heavy atom. The van der Waals surface area contributed by atoms with E-state index in [2.05, 4.69) is 19.9 Å². The number of nitrogens with zero attached hydrogens (tertiary/aromatic N) is 4. The van der Waals surface area contributed by atoms with E-state index in [1.54, 1.807) is 71.0 Å². The van der Waals surface area contributed by atoms with E-state index in [0.29, 0.717) is 0 Å². The molecule has 112 valence electrons. The molecular formula is C13H10N4S5. The molecule has 3 aromatic heterocycles. The molecule has 0 unspecified atom stereocenters. The van der Waals surface area contributed by atoms with Crippen LogP contribution in [-0.2, 0) is 11.5 Å². The van der Waals surface area contributed by atoms with E-state index < -0.39 is 0 Å². The predicted molar refractivity (Wildman–Crippen MR) is 96.2 cm³/mol. The van der Waals surface area contributed by atoms with Gasteiger partial charge in [-0.2, -0.15) is 0 Å². The number of thioether (sulfide) groups is 2. The van der Waals surface area contributed by atoms with E-state index in [1.807, 2.05) is 12.1 Å². The maximum Gasteiger partial charge on any atom is 0.145 e. The third kappa shape index (κ3) is 4.56. The molecule has 0 aromatic carbocycles. The van der Waals surface area contributed by atoms with Gasteiger partial charge in [0.1, 0.15) is 14.8 Å². The van der Waals surface area contributed by atoms with Gasteiger partial charge in [-0.25, -0.2) is 19.9 Å². The van der Waals surface area contributed by atoms with Gasteiger partial charge in [-0.05, 0) is 12.1 Å². The molecule has 0 aliphatic rings. The van der Waals surface area contributed by atoms with Crippen molar-refractivity contribution in [3.05, 3.63) is 51.7 Å². The molecule has 0 atom stereocenters. The van der Waals surface area contributed by atoms with Gasteiger partial charge in [-0.15, -0.1) is 46.2 Å². The molecule has 0 bridgehead atoms. The maximum atomic E-state index is 5.33. The molecule has 3 rings (SSSR count). The van der Waals surface area contributed by atoms with Crippen LogP contribution in [0.4, 0.5) is 0 Å². The second-order valence-electron chi connectivity index (χ2n) is 3.94. The Balaban J connectivity index is 1.66. The van der Waals surface area contributed by atoms with Crippen LogP contribution in [0.1, 0.15) is 11.6 Å². The SMILES string of the molecule is S=c1sc(SCc2ncccn2)c(SCc2ncccn2)s1. The Morgan fingerprint density at radius 3 is 1.59 bits per heavy atom. The standard InChI is InChI=1S/C13H10N4S5/c18-13-21-11(19-7-9-14-3-1-4-15-9)12(22-13)20-8-10-16-5-2-6-17-10/h1-6H,7-8H2. The fourth-order valence-corrected chi connectivity index (χ4v) is 7.36. The second-order valence-corrected chi connectivity index (χ2v) is 9.65. The first-order chi connectivity index (χ1) is 10.8. The molecule has 0 aliphatic heterocycles. The Kier molecular flexibility index (Phi) is 5.90. The number of aromatic nitrogens is 4. The minimum Gasteiger partial charge on any atom is -0.240 e. The molecule has 22 heavy (non-hydrogen) atoms. The fourth-order valence-electron chi connectivity index (χ4n) is 1.50. The quantitative estimate of drug-likeness (QED) is 0.452. The maximum absolute atomic E-state index is 5.33. The van der Waals surface area contributed by atoms with E-state index >= 15 is 0 Å². The van der Waals surface area contributed by atoms with Gasteiger partial charge in [0.05, 0.1) is 19.9 Å². The molecule has 3 heterocycles. The van der Waals surface area contributed by atoms with Crippen LogP contribution in [0.15, 0.2) is 45.3 Å². The van der Waals surface area contributed by atoms with E-state index in [9.17, 15) is 0 Å². The summed E-state index contributed by atoms with van der Waals surface area (Å²) in [5, 5.41) is 0. The highest BCUT2D eigenvalue weighted by Crippen LogP contribution is 2.42. The van der Waals surface area contributed by atoms with Crippen molar-refractivity contribution in [1.82, 2.24) is 19.9 Å². The van der Waals surface area contributed by atoms with Crippen LogP contribution in [0.5, 0.6) is 0 Å². The molecule has 0 N–H and O–H groups in total. The summed E-state index contributed by atoms with van der Waals surface area (Å²) in [6, 6.07) is 3.65. The molecule has 0 saturated carbocycles. The van der Waals surface area contributed by atoms with Gasteiger partial charge in [0.25, 0.3) is 0 Å². The Morgan fingerprint density at radius 1 is 0.773 bits per heavy atom. The van der Waals surface area contributed by atoms with E-state index in [0.717, 1.165) is 26.3 Å². The van der Waals surface area contributed by atoms with E-state index in [1.165, 1.54) is 8.42 Å². The third-order valence-electron chi connectivity index (χ3n) is 2.42. The van der Waals surface area contributed by atoms with Gasteiger partial charge in [-0.1, -0.05) is 12.2 Å². The molecular weight excluding hydrogens is 373 g/mol. The second kappa shape index (κ2) is 8.11. The zero-order valence-electron chi connectivity index (χ0n) is 11.2. The molecule has 0 saturated heterocycles. The Hall–Kier alpha value is -0.870. The van der Waals surface area contributed by atoms with E-state index in [-0.39, 0.29) is 0 Å². The lowest BCUT2D eigenvalue weighted by molar-refractivity contribution is 1.03. The van der Waals surface area contributed by atoms with Gasteiger partial charge < -0.3 is 0 Å². The van der Waals surface area contributed by atoms with Crippen molar-refractivity contribution in [1.29, 1.82) is 0 Å². The largest absolute Gasteiger partial charge is 0.240 e. The topological polar surface area (TPSA) is 51.6 Å². The summed E-state index contributed by atoms with van der Waals surface area (Å²) in [6.45, 7) is 0. The molecule has 0 radical (unpaired) electrons. The van der Waals surface area contributed by atoms with Crippen LogP contribution >= 0.6 is 58.4 Å². The van der Waals surface area contributed by atoms with Crippen LogP contribution < -0.4 is 0 Å². The predicted octanol–water partition coefficient (Wildman–Crippen LogP) is 4.70. The zero-order valence-corrected chi connectivity index (χ0v) is 15.3. The molecule has 0 spiro atoms. The summed E-state index contributed by atoms with van der Waals surface area (Å²) in [6.07, 6.45) is 7.06. The Labute approximate surface area is 149 Å². The summed E-state index contributed by atoms with van der Waals surface area (Å²) in [5.41, 5.74) is 0. The lowest BCUT2D eigenvalue weighted by Crippen LogP contribution is -1.90. The monoisotopic (exact) mass is 382 g/mol. The summed E-state index contributed by atoms with van der Waals surface area (Å²) in [5.74, 6) is 3.16. The van der Waals surface area contributed by atoms with Crippen molar-refractivity contribution in [3.8, 4) is 0 Å². The third-order valence-corrected chi connectivity index (χ3v) is 8.00. The Bertz CT molecular complexity index is 708. The molecule has 3 aromatic rings. The van der Waals surface area contributed by atoms with Crippen LogP contribution in [-0.4, -0.2) is 19.9 Å². The molecule has 4 nitrogen and oxygen atoms in total. The van der Waals surface area contributed by atoms with Gasteiger partial charge in [-0.3, -0.25) is 0 Å². The number of hydrogen-bond acceptors (Lipinski definition) is 9. The van der Waals surface area contributed by atoms with Crippen molar-refractivity contribution in [3.63, 3.8) is 0 Å². The smallest absolute Gasteiger partial charge is 0.145 e. The molecule has 0 amide bonds. The average molecular weight is 383 g/mol. The van der Waals surface area contributed by atoms with Crippen molar-refractivity contribution in [2.24, 2.45) is 0 Å². The van der Waals surface area contributed by atoms with Gasteiger partial charge >= 0.3 is 0 Å². The van der Waals surface area contributed by atoms with Gasteiger partial charge in [0, 0.05) is 24.8 Å². The fraction of sp³-hybridized carbons (Fsp3) is 0.154. The summed E-state index contributed by atoms with van der Waals surface area (Å²) >= 11 is 12.1. The molecule has 9 heteroatoms. The van der Waals surface area contributed by atoms with Crippen molar-refractivity contribution in [2.45, 2.75) is 19.9 Å². The summed E-state index contributed by atoms with van der Waals surface area (Å²) < 4.78 is 3.39. The van der Waals surface area contributed by atoms with Crippen molar-refractivity contribution < 1.29 is 0 Å². The number of rotatable bonds is 6. The summed E-state index contributed by atoms with van der Waals surface area (Å²) in [7, 11) is 0. The van der Waals surface area contributed by atoms with Crippen LogP contribution in [0.3, 0.4) is 0 Å². The lowest BCUT2D eigenvalue weighted by atomic mass is 10.6. The first kappa shape index (κ1) is 16.0. The summed E-state index contributed by atoms with van der Waals surface area (Å²) in [4.78, 5) is 17.0. The first-order valence-electron chi connectivity index (χ1n) is 6.22. The first-order valence-corrected chi connectivity index (χ1v) is 10.2. The van der Waals surface area contributed by atoms with Crippen LogP contribution in [0.2, 0.25) is 0 Å². The van der Waals surface area contributed by atoms with Crippen molar-refractivity contribution >= 4 is 58.4 Å². The van der Waals surface area contributed by atoms with Crippen LogP contribution in [0, 0.1) is 3.14 Å². The van der Waals surface area contributed by atoms with Gasteiger partial charge in [0.2, 0.25) is 0 Å². The van der Waals surface area contributed by atoms with Crippen LogP contribution in [0.25, 0.3) is 0 Å². The molecule has 0 fully saturated rings. The minimum atomic E-state index is 0.748. The van der Waals surface area contributed by atoms with Gasteiger partial charge in [0.15, 0.2) is 0 Å². The normalized spacial score (nSPS) is 10.7. The highest BCUT2D eigenvalue weighted by molar-refractivity contribution is 8.04. The highest BCUT2D eigenvalue weighted by atomic mass is 32.2. The average Bonchev–Trinajstić information content (AvgIpc) is 2.93. The van der Waals surface area contributed by atoms with Crippen molar-refractivity contribution in [2.75, 3.05) is 0 Å². The molecule has 0 aliphatic carbocycles. The van der Waals surface area contributed by atoms with E-state index in [4.69, 9.17) is 12.2 Å². The zero-order chi connectivity index (χ0) is 15.2. The number of hydrogen-bond donors (Lipinski definition) is 0. The minimum absolute atomic E-state index is 0.748.